The lowest BCUT2D eigenvalue weighted by Crippen LogP contribution is -3.00. The molecule has 0 aliphatic rings. The molecule has 1 atom stereocenters. The molecule has 0 saturated heterocycles. The summed E-state index contributed by atoms with van der Waals surface area (Å²) in [5.41, 5.74) is 0.624. The summed E-state index contributed by atoms with van der Waals surface area (Å²) in [4.78, 5) is 23.9. The summed E-state index contributed by atoms with van der Waals surface area (Å²) in [6, 6.07) is 3.59. The molecule has 0 bridgehead atoms. The number of aryl methyl sites for hydroxylation is 1. The van der Waals surface area contributed by atoms with Gasteiger partial charge in [0.05, 0.1) is 0 Å². The highest BCUT2D eigenvalue weighted by molar-refractivity contribution is 5.84. The van der Waals surface area contributed by atoms with Gasteiger partial charge in [0.2, 0.25) is 0 Å². The van der Waals surface area contributed by atoms with E-state index in [0.29, 0.717) is 12.2 Å². The van der Waals surface area contributed by atoms with Crippen LogP contribution >= 0.6 is 0 Å². The molecule has 0 aliphatic carbocycles. The molecular formula is C30H54IN3O5. The van der Waals surface area contributed by atoms with Crippen molar-refractivity contribution in [2.24, 2.45) is 7.05 Å². The number of nitrogens with one attached hydrogen (secondary N) is 2. The Morgan fingerprint density at radius 3 is 1.77 bits per heavy atom. The number of carbonyl (C=O) groups excluding carboxylic acids is 2. The van der Waals surface area contributed by atoms with Gasteiger partial charge in [-0.2, -0.15) is 0 Å². The van der Waals surface area contributed by atoms with E-state index < -0.39 is 18.3 Å². The lowest BCUT2D eigenvalue weighted by molar-refractivity contribution is -0.670. The first-order chi connectivity index (χ1) is 18.5. The van der Waals surface area contributed by atoms with Gasteiger partial charge in [-0.25, -0.2) is 14.2 Å². The van der Waals surface area contributed by atoms with E-state index in [9.17, 15) is 9.59 Å². The van der Waals surface area contributed by atoms with E-state index in [4.69, 9.17) is 14.2 Å². The summed E-state index contributed by atoms with van der Waals surface area (Å²) < 4.78 is 17.4. The fraction of sp³-hybridized carbons (Fsp3) is 0.767. The highest BCUT2D eigenvalue weighted by Crippen LogP contribution is 2.13. The van der Waals surface area contributed by atoms with Gasteiger partial charge in [-0.3, -0.25) is 5.32 Å². The number of halogens is 1. The third-order valence-electron chi connectivity index (χ3n) is 6.62. The molecule has 0 saturated carbocycles. The van der Waals surface area contributed by atoms with Crippen LogP contribution in [0, 0.1) is 0 Å². The van der Waals surface area contributed by atoms with Gasteiger partial charge in [-0.05, 0) is 12.5 Å². The minimum Gasteiger partial charge on any atom is -1.00 e. The number of rotatable bonds is 23. The Morgan fingerprint density at radius 1 is 0.795 bits per heavy atom. The predicted molar refractivity (Wildman–Crippen MR) is 152 cm³/mol. The summed E-state index contributed by atoms with van der Waals surface area (Å²) in [6.07, 6.45) is 23.2. The molecule has 0 fully saturated rings. The van der Waals surface area contributed by atoms with E-state index >= 15 is 0 Å². The summed E-state index contributed by atoms with van der Waals surface area (Å²) >= 11 is 0. The molecule has 1 heterocycles. The quantitative estimate of drug-likeness (QED) is 0.105. The average molecular weight is 664 g/mol. The Labute approximate surface area is 254 Å². The number of hydrogen-bond acceptors (Lipinski definition) is 5. The second-order valence-electron chi connectivity index (χ2n) is 10.2. The lowest BCUT2D eigenvalue weighted by Gasteiger charge is -2.16. The topological polar surface area (TPSA) is 89.8 Å². The van der Waals surface area contributed by atoms with E-state index in [0.717, 1.165) is 12.8 Å². The number of hydrogen-bond donors (Lipinski definition) is 2. The Bertz CT molecular complexity index is 738. The molecule has 1 unspecified atom stereocenters. The number of carbonyl (C=O) groups is 2. The minimum absolute atomic E-state index is 0. The van der Waals surface area contributed by atoms with Crippen molar-refractivity contribution < 1.29 is 52.3 Å². The molecule has 2 N–H and O–H groups in total. The van der Waals surface area contributed by atoms with Gasteiger partial charge in [0.25, 0.3) is 0 Å². The number of unbranched alkanes of at least 4 members (excludes halogenated alkanes) is 15. The average Bonchev–Trinajstić information content (AvgIpc) is 2.90. The van der Waals surface area contributed by atoms with Crippen LogP contribution in [0.1, 0.15) is 110 Å². The molecule has 0 radical (unpaired) electrons. The van der Waals surface area contributed by atoms with Crippen LogP contribution in [-0.2, 0) is 21.3 Å². The molecule has 0 aliphatic heterocycles. The van der Waals surface area contributed by atoms with Gasteiger partial charge < -0.3 is 43.5 Å². The predicted octanol–water partition coefficient (Wildman–Crippen LogP) is 4.07. The fourth-order valence-corrected chi connectivity index (χ4v) is 4.25. The zero-order valence-corrected chi connectivity index (χ0v) is 26.8. The van der Waals surface area contributed by atoms with Crippen molar-refractivity contribution in [3.05, 3.63) is 24.5 Å². The van der Waals surface area contributed by atoms with Crippen LogP contribution in [0.5, 0.6) is 0 Å². The molecule has 226 valence electrons. The molecule has 0 aromatic carbocycles. The first-order valence-corrected chi connectivity index (χ1v) is 14.9. The van der Waals surface area contributed by atoms with E-state index in [1.165, 1.54) is 97.0 Å². The molecule has 39 heavy (non-hydrogen) atoms. The molecular weight excluding hydrogens is 609 g/mol. The van der Waals surface area contributed by atoms with Crippen molar-refractivity contribution in [3.63, 3.8) is 0 Å². The number of anilines is 1. The van der Waals surface area contributed by atoms with E-state index in [2.05, 4.69) is 17.6 Å². The Hall–Kier alpha value is -1.62. The number of ether oxygens (including phenoxy) is 3. The Balaban J connectivity index is 0.0000144. The summed E-state index contributed by atoms with van der Waals surface area (Å²) in [5, 5.41) is 5.42. The number of aromatic nitrogens is 1. The van der Waals surface area contributed by atoms with Crippen LogP contribution < -0.4 is 39.2 Å². The van der Waals surface area contributed by atoms with Crippen molar-refractivity contribution in [2.45, 2.75) is 116 Å². The van der Waals surface area contributed by atoms with Gasteiger partial charge >= 0.3 is 12.2 Å². The standard InChI is InChI=1S/C30H53N3O5.HI/c1-4-5-6-7-8-9-10-11-12-13-14-15-16-17-18-19-22-31-29(34)37-25-28(36-3)26-38-30(35)32-27-21-20-23-33(2)24-27;/h20-21,23-24,28H,4-19,22,25-26H2,1-3H3,(H-,31,32,34,35);1H. The van der Waals surface area contributed by atoms with Crippen LogP contribution in [0.4, 0.5) is 15.3 Å². The Kier molecular flexibility index (Phi) is 25.5. The second-order valence-corrected chi connectivity index (χ2v) is 10.2. The van der Waals surface area contributed by atoms with Crippen LogP contribution in [0.15, 0.2) is 24.5 Å². The van der Waals surface area contributed by atoms with E-state index in [1.807, 2.05) is 23.9 Å². The first kappa shape index (κ1) is 37.4. The zero-order valence-electron chi connectivity index (χ0n) is 24.7. The van der Waals surface area contributed by atoms with Gasteiger partial charge in [-0.15, -0.1) is 0 Å². The van der Waals surface area contributed by atoms with Crippen molar-refractivity contribution in [1.29, 1.82) is 0 Å². The monoisotopic (exact) mass is 663 g/mol. The number of pyridine rings is 1. The van der Waals surface area contributed by atoms with Crippen LogP contribution in [0.25, 0.3) is 0 Å². The zero-order chi connectivity index (χ0) is 27.7. The van der Waals surface area contributed by atoms with Crippen LogP contribution in [-0.4, -0.2) is 45.2 Å². The molecule has 2 amide bonds. The largest absolute Gasteiger partial charge is 1.00 e. The molecule has 8 nitrogen and oxygen atoms in total. The van der Waals surface area contributed by atoms with Crippen molar-refractivity contribution in [2.75, 3.05) is 32.2 Å². The first-order valence-electron chi connectivity index (χ1n) is 14.9. The lowest BCUT2D eigenvalue weighted by atomic mass is 10.0. The molecule has 9 heteroatoms. The van der Waals surface area contributed by atoms with Gasteiger partial charge in [0.15, 0.2) is 12.4 Å². The number of amides is 2. The highest BCUT2D eigenvalue weighted by atomic mass is 127. The maximum Gasteiger partial charge on any atom is 0.411 e. The fourth-order valence-electron chi connectivity index (χ4n) is 4.25. The maximum atomic E-state index is 11.9. The molecule has 0 spiro atoms. The number of alkyl carbamates (subject to hydrolysis) is 1. The van der Waals surface area contributed by atoms with Crippen molar-refractivity contribution in [1.82, 2.24) is 5.32 Å². The smallest absolute Gasteiger partial charge is 0.411 e. The molecule has 1 rings (SSSR count). The normalized spacial score (nSPS) is 11.4. The van der Waals surface area contributed by atoms with Gasteiger partial charge in [0.1, 0.15) is 32.1 Å². The number of nitrogens with zero attached hydrogens (tertiary/aromatic N) is 1. The molecule has 1 aromatic heterocycles. The third kappa shape index (κ3) is 22.9. The highest BCUT2D eigenvalue weighted by Gasteiger charge is 2.14. The Morgan fingerprint density at radius 2 is 1.28 bits per heavy atom. The maximum absolute atomic E-state index is 11.9. The molecule has 1 aromatic rings. The SMILES string of the molecule is CCCCCCCCCCCCCCCCCCNC(=O)OCC(COC(=O)Nc1ccc[n+](C)c1)OC.[I-]. The summed E-state index contributed by atoms with van der Waals surface area (Å²) in [6.45, 7) is 2.86. The van der Waals surface area contributed by atoms with Crippen molar-refractivity contribution >= 4 is 17.9 Å². The second kappa shape index (κ2) is 26.6. The summed E-state index contributed by atoms with van der Waals surface area (Å²) in [5.74, 6) is 0. The third-order valence-corrected chi connectivity index (χ3v) is 6.62. The van der Waals surface area contributed by atoms with Crippen LogP contribution in [0.2, 0.25) is 0 Å². The number of methoxy groups -OCH3 is 1. The van der Waals surface area contributed by atoms with Crippen LogP contribution in [0.3, 0.4) is 0 Å². The van der Waals surface area contributed by atoms with Gasteiger partial charge in [0, 0.05) is 19.7 Å². The van der Waals surface area contributed by atoms with Gasteiger partial charge in [-0.1, -0.05) is 103 Å². The van der Waals surface area contributed by atoms with Crippen molar-refractivity contribution in [3.8, 4) is 0 Å². The van der Waals surface area contributed by atoms with E-state index in [1.54, 1.807) is 12.3 Å². The minimum atomic E-state index is -0.591. The summed E-state index contributed by atoms with van der Waals surface area (Å²) in [7, 11) is 3.35. The van der Waals surface area contributed by atoms with E-state index in [-0.39, 0.29) is 37.2 Å².